The number of amides is 2. The Hall–Kier alpha value is -4.84. The normalized spacial score (nSPS) is 14.7. The topological polar surface area (TPSA) is 97.1 Å². The van der Waals surface area contributed by atoms with Crippen LogP contribution in [0.5, 0.6) is 0 Å². The molecule has 2 N–H and O–H groups in total. The molecule has 1 aliphatic heterocycles. The number of halogens is 6. The number of hydrogen-bond acceptors (Lipinski definition) is 5. The van der Waals surface area contributed by atoms with E-state index in [9.17, 15) is 31.5 Å². The molecule has 1 aliphatic rings. The van der Waals surface area contributed by atoms with Gasteiger partial charge in [-0.2, -0.15) is 18.2 Å². The van der Waals surface area contributed by atoms with Crippen molar-refractivity contribution in [3.05, 3.63) is 112 Å². The van der Waals surface area contributed by atoms with E-state index >= 15 is 0 Å². The first kappa shape index (κ1) is 26.4. The number of anilines is 1. The van der Waals surface area contributed by atoms with E-state index in [0.29, 0.717) is 29.0 Å². The van der Waals surface area contributed by atoms with Crippen molar-refractivity contribution >= 4 is 40.3 Å². The van der Waals surface area contributed by atoms with Crippen LogP contribution in [-0.4, -0.2) is 21.8 Å². The molecule has 1 atom stereocenters. The molecule has 2 amide bonds. The van der Waals surface area contributed by atoms with Gasteiger partial charge in [-0.1, -0.05) is 11.6 Å². The third kappa shape index (κ3) is 4.86. The number of hydrogen-bond donors (Lipinski definition) is 2. The summed E-state index contributed by atoms with van der Waals surface area (Å²) in [5.41, 5.74) is -0.245. The van der Waals surface area contributed by atoms with Gasteiger partial charge in [0.1, 0.15) is 11.6 Å². The molecule has 2 aromatic heterocycles. The van der Waals surface area contributed by atoms with Crippen molar-refractivity contribution in [1.82, 2.24) is 15.3 Å². The number of aromatic nitrogens is 2. The van der Waals surface area contributed by atoms with Crippen molar-refractivity contribution in [2.45, 2.75) is 12.2 Å². The van der Waals surface area contributed by atoms with Crippen LogP contribution in [0.3, 0.4) is 0 Å². The first-order valence-corrected chi connectivity index (χ1v) is 12.2. The van der Waals surface area contributed by atoms with Crippen molar-refractivity contribution in [1.29, 1.82) is 0 Å². The number of fused-ring (bicyclic) bond motifs is 2. The highest BCUT2D eigenvalue weighted by atomic mass is 35.5. The summed E-state index contributed by atoms with van der Waals surface area (Å²) < 4.78 is 73.3. The molecule has 5 aromatic rings. The molecule has 6 rings (SSSR count). The average Bonchev–Trinajstić information content (AvgIpc) is 3.53. The minimum atomic E-state index is -4.90. The molecule has 7 nitrogen and oxygen atoms in total. The predicted molar refractivity (Wildman–Crippen MR) is 137 cm³/mol. The van der Waals surface area contributed by atoms with Gasteiger partial charge >= 0.3 is 6.18 Å². The SMILES string of the molecule is O=C(Nc1cc(-c2ccc3ocnc3n2)cc2c1C(c1cc(F)ccc1Cl)NC2=O)c1cc(F)cc(C(F)(F)F)c1. The van der Waals surface area contributed by atoms with Crippen LogP contribution in [0.25, 0.3) is 22.5 Å². The summed E-state index contributed by atoms with van der Waals surface area (Å²) in [6, 6.07) is 10.0. The second kappa shape index (κ2) is 9.66. The summed E-state index contributed by atoms with van der Waals surface area (Å²) in [6.07, 6.45) is -3.70. The van der Waals surface area contributed by atoms with Crippen LogP contribution in [0.4, 0.5) is 27.6 Å². The molecule has 0 bridgehead atoms. The van der Waals surface area contributed by atoms with Crippen LogP contribution in [0, 0.1) is 11.6 Å². The second-order valence-electron chi connectivity index (χ2n) is 9.11. The summed E-state index contributed by atoms with van der Waals surface area (Å²) in [5, 5.41) is 5.31. The zero-order valence-corrected chi connectivity index (χ0v) is 21.1. The Bertz CT molecular complexity index is 1890. The lowest BCUT2D eigenvalue weighted by Gasteiger charge is -2.19. The van der Waals surface area contributed by atoms with Gasteiger partial charge in [-0.25, -0.2) is 13.8 Å². The smallest absolute Gasteiger partial charge is 0.416 e. The number of carbonyl (C=O) groups is 2. The zero-order chi connectivity index (χ0) is 29.1. The van der Waals surface area contributed by atoms with Crippen LogP contribution < -0.4 is 10.6 Å². The van der Waals surface area contributed by atoms with Crippen molar-refractivity contribution in [3.63, 3.8) is 0 Å². The van der Waals surface area contributed by atoms with E-state index < -0.39 is 46.8 Å². The van der Waals surface area contributed by atoms with Gasteiger partial charge in [0.2, 0.25) is 0 Å². The highest BCUT2D eigenvalue weighted by Gasteiger charge is 2.36. The minimum absolute atomic E-state index is 0.0222. The minimum Gasteiger partial charge on any atom is -0.442 e. The molecular formula is C28H14ClF5N4O3. The largest absolute Gasteiger partial charge is 0.442 e. The molecule has 1 unspecified atom stereocenters. The number of alkyl halides is 3. The van der Waals surface area contributed by atoms with E-state index in [0.717, 1.165) is 12.1 Å². The summed E-state index contributed by atoms with van der Waals surface area (Å²) in [7, 11) is 0. The maximum Gasteiger partial charge on any atom is 0.416 e. The molecule has 0 spiro atoms. The Morgan fingerprint density at radius 2 is 1.80 bits per heavy atom. The highest BCUT2D eigenvalue weighted by molar-refractivity contribution is 6.31. The third-order valence-electron chi connectivity index (χ3n) is 6.48. The summed E-state index contributed by atoms with van der Waals surface area (Å²) >= 11 is 6.31. The van der Waals surface area contributed by atoms with E-state index in [-0.39, 0.29) is 39.1 Å². The Morgan fingerprint density at radius 3 is 2.59 bits per heavy atom. The molecule has 0 aliphatic carbocycles. The van der Waals surface area contributed by atoms with E-state index in [1.54, 1.807) is 12.1 Å². The molecule has 0 saturated heterocycles. The van der Waals surface area contributed by atoms with Crippen molar-refractivity contribution < 1.29 is 36.0 Å². The maximum atomic E-state index is 14.2. The Labute approximate surface area is 232 Å². The number of oxazole rings is 1. The summed E-state index contributed by atoms with van der Waals surface area (Å²) in [5.74, 6) is -3.58. The van der Waals surface area contributed by atoms with Gasteiger partial charge in [-0.15, -0.1) is 0 Å². The van der Waals surface area contributed by atoms with Crippen LogP contribution in [-0.2, 0) is 6.18 Å². The van der Waals surface area contributed by atoms with Gasteiger partial charge < -0.3 is 15.1 Å². The molecular weight excluding hydrogens is 571 g/mol. The van der Waals surface area contributed by atoms with Gasteiger partial charge in [0, 0.05) is 38.5 Å². The summed E-state index contributed by atoms with van der Waals surface area (Å²) in [6.45, 7) is 0. The van der Waals surface area contributed by atoms with Gasteiger partial charge in [-0.3, -0.25) is 9.59 Å². The number of rotatable bonds is 4. The van der Waals surface area contributed by atoms with E-state index in [4.69, 9.17) is 16.0 Å². The van der Waals surface area contributed by atoms with Crippen LogP contribution >= 0.6 is 11.6 Å². The van der Waals surface area contributed by atoms with Gasteiger partial charge in [0.25, 0.3) is 11.8 Å². The Kier molecular flexibility index (Phi) is 6.22. The fraction of sp³-hybridized carbons (Fsp3) is 0.0714. The van der Waals surface area contributed by atoms with Gasteiger partial charge in [0.05, 0.1) is 17.3 Å². The number of pyridine rings is 1. The second-order valence-corrected chi connectivity index (χ2v) is 9.52. The molecule has 3 heterocycles. The fourth-order valence-corrected chi connectivity index (χ4v) is 4.87. The maximum absolute atomic E-state index is 14.2. The van der Waals surface area contributed by atoms with Crippen LogP contribution in [0.1, 0.15) is 43.4 Å². The zero-order valence-electron chi connectivity index (χ0n) is 20.3. The Morgan fingerprint density at radius 1 is 1.00 bits per heavy atom. The van der Waals surface area contributed by atoms with Gasteiger partial charge in [-0.05, 0) is 60.7 Å². The number of benzene rings is 3. The molecule has 206 valence electrons. The molecule has 41 heavy (non-hydrogen) atoms. The van der Waals surface area contributed by atoms with E-state index in [2.05, 4.69) is 20.6 Å². The monoisotopic (exact) mass is 584 g/mol. The van der Waals surface area contributed by atoms with Crippen molar-refractivity contribution in [2.24, 2.45) is 0 Å². The standard InChI is InChI=1S/C28H14ClF5N4O3/c29-19-2-1-15(30)10-17(19)24-23-18(27(40)38-24)7-12(20-3-4-22-25(36-20)35-11-41-22)8-21(23)37-26(39)13-5-14(28(32,33)34)9-16(31)6-13/h1-11,24H,(H,37,39)(H,38,40). The van der Waals surface area contributed by atoms with Crippen molar-refractivity contribution in [2.75, 3.05) is 5.32 Å². The number of nitrogens with one attached hydrogen (secondary N) is 2. The molecule has 0 saturated carbocycles. The average molecular weight is 585 g/mol. The van der Waals surface area contributed by atoms with E-state index in [1.165, 1.54) is 24.6 Å². The first-order valence-electron chi connectivity index (χ1n) is 11.8. The molecule has 13 heteroatoms. The quantitative estimate of drug-likeness (QED) is 0.223. The summed E-state index contributed by atoms with van der Waals surface area (Å²) in [4.78, 5) is 34.7. The fourth-order valence-electron chi connectivity index (χ4n) is 4.65. The Balaban J connectivity index is 1.51. The third-order valence-corrected chi connectivity index (χ3v) is 6.83. The predicted octanol–water partition coefficient (Wildman–Crippen LogP) is 6.93. The lowest BCUT2D eigenvalue weighted by molar-refractivity contribution is -0.137. The van der Waals surface area contributed by atoms with Gasteiger partial charge in [0.15, 0.2) is 17.6 Å². The lowest BCUT2D eigenvalue weighted by Crippen LogP contribution is -2.21. The molecule has 0 fully saturated rings. The van der Waals surface area contributed by atoms with E-state index in [1.807, 2.05) is 0 Å². The van der Waals surface area contributed by atoms with Crippen molar-refractivity contribution in [3.8, 4) is 11.3 Å². The first-order chi connectivity index (χ1) is 19.5. The molecule has 3 aromatic carbocycles. The molecule has 0 radical (unpaired) electrons. The lowest BCUT2D eigenvalue weighted by atomic mass is 9.93. The number of carbonyl (C=O) groups excluding carboxylic acids is 2. The highest BCUT2D eigenvalue weighted by Crippen LogP contribution is 2.42. The van der Waals surface area contributed by atoms with Crippen LogP contribution in [0.15, 0.2) is 71.5 Å². The van der Waals surface area contributed by atoms with Crippen LogP contribution in [0.2, 0.25) is 5.02 Å². The number of nitrogens with zero attached hydrogens (tertiary/aromatic N) is 2.